The maximum Gasteiger partial charge on any atom is 0.417 e. The number of pyridine rings is 1. The van der Waals surface area contributed by atoms with Crippen molar-refractivity contribution in [1.82, 2.24) is 10.3 Å². The van der Waals surface area contributed by atoms with Crippen LogP contribution in [0, 0.1) is 0 Å². The standard InChI is InChI=1S/C22H28BrF3N2O4/c1-11(2)30-17-10-14(22(24,25)26)18-16(28-17)9-8-15(23)19(18)31-13(4)12(3)27-20(29)32-21(5,6)7/h8-13H,1-7H3,(H,27,29). The molecule has 0 saturated carbocycles. The normalized spacial score (nSPS) is 14.2. The van der Waals surface area contributed by atoms with Crippen LogP contribution in [-0.4, -0.2) is 34.9 Å². The molecule has 2 atom stereocenters. The van der Waals surface area contributed by atoms with Crippen molar-refractivity contribution >= 4 is 32.9 Å². The second-order valence-electron chi connectivity index (χ2n) is 8.70. The average Bonchev–Trinajstić information content (AvgIpc) is 2.60. The number of aromatic nitrogens is 1. The van der Waals surface area contributed by atoms with Crippen LogP contribution in [0.2, 0.25) is 0 Å². The molecule has 2 rings (SSSR count). The van der Waals surface area contributed by atoms with Crippen LogP contribution < -0.4 is 14.8 Å². The summed E-state index contributed by atoms with van der Waals surface area (Å²) in [7, 11) is 0. The summed E-state index contributed by atoms with van der Waals surface area (Å²) in [4.78, 5) is 16.3. The van der Waals surface area contributed by atoms with Crippen molar-refractivity contribution in [1.29, 1.82) is 0 Å². The highest BCUT2D eigenvalue weighted by atomic mass is 79.9. The van der Waals surface area contributed by atoms with Crippen LogP contribution in [0.5, 0.6) is 11.6 Å². The van der Waals surface area contributed by atoms with Gasteiger partial charge in [-0.25, -0.2) is 9.78 Å². The van der Waals surface area contributed by atoms with Gasteiger partial charge in [0.1, 0.15) is 17.5 Å². The minimum Gasteiger partial charge on any atom is -0.487 e. The Bertz CT molecular complexity index is 974. The first-order valence-electron chi connectivity index (χ1n) is 10.1. The Balaban J connectivity index is 2.44. The fraction of sp³-hybridized carbons (Fsp3) is 0.545. The van der Waals surface area contributed by atoms with Gasteiger partial charge >= 0.3 is 12.3 Å². The molecule has 1 N–H and O–H groups in total. The van der Waals surface area contributed by atoms with Crippen molar-refractivity contribution in [2.75, 3.05) is 0 Å². The van der Waals surface area contributed by atoms with Crippen LogP contribution in [0.25, 0.3) is 10.9 Å². The van der Waals surface area contributed by atoms with Crippen molar-refractivity contribution in [3.8, 4) is 11.6 Å². The predicted octanol–water partition coefficient (Wildman–Crippen LogP) is 6.48. The Hall–Kier alpha value is -2.23. The Morgan fingerprint density at radius 3 is 2.25 bits per heavy atom. The van der Waals surface area contributed by atoms with Gasteiger partial charge in [0.15, 0.2) is 0 Å². The Labute approximate surface area is 193 Å². The zero-order valence-corrected chi connectivity index (χ0v) is 20.6. The van der Waals surface area contributed by atoms with Gasteiger partial charge in [0.25, 0.3) is 0 Å². The van der Waals surface area contributed by atoms with E-state index in [4.69, 9.17) is 14.2 Å². The van der Waals surface area contributed by atoms with Crippen LogP contribution in [0.4, 0.5) is 18.0 Å². The van der Waals surface area contributed by atoms with E-state index in [0.717, 1.165) is 6.07 Å². The van der Waals surface area contributed by atoms with Crippen molar-refractivity contribution in [3.05, 3.63) is 28.2 Å². The summed E-state index contributed by atoms with van der Waals surface area (Å²) in [5.74, 6) is -0.148. The minimum atomic E-state index is -4.67. The quantitative estimate of drug-likeness (QED) is 0.471. The summed E-state index contributed by atoms with van der Waals surface area (Å²) in [5, 5.41) is 2.45. The monoisotopic (exact) mass is 520 g/mol. The first kappa shape index (κ1) is 26.0. The van der Waals surface area contributed by atoms with Gasteiger partial charge in [-0.05, 0) is 76.5 Å². The molecule has 2 unspecified atom stereocenters. The lowest BCUT2D eigenvalue weighted by molar-refractivity contribution is -0.136. The van der Waals surface area contributed by atoms with E-state index in [1.165, 1.54) is 6.07 Å². The number of nitrogens with one attached hydrogen (secondary N) is 1. The van der Waals surface area contributed by atoms with E-state index in [1.807, 2.05) is 0 Å². The fourth-order valence-electron chi connectivity index (χ4n) is 2.79. The smallest absolute Gasteiger partial charge is 0.417 e. The summed E-state index contributed by atoms with van der Waals surface area (Å²) >= 11 is 3.28. The molecular formula is C22H28BrF3N2O4. The van der Waals surface area contributed by atoms with E-state index in [1.54, 1.807) is 54.5 Å². The number of hydrogen-bond donors (Lipinski definition) is 1. The van der Waals surface area contributed by atoms with Crippen molar-refractivity contribution in [2.45, 2.75) is 78.5 Å². The molecular weight excluding hydrogens is 493 g/mol. The molecule has 178 valence electrons. The molecule has 0 bridgehead atoms. The highest BCUT2D eigenvalue weighted by Gasteiger charge is 2.36. The third-order valence-corrected chi connectivity index (χ3v) is 4.89. The van der Waals surface area contributed by atoms with Gasteiger partial charge in [0, 0.05) is 6.07 Å². The first-order valence-corrected chi connectivity index (χ1v) is 10.9. The number of nitrogens with zero attached hydrogens (tertiary/aromatic N) is 1. The molecule has 0 aliphatic rings. The topological polar surface area (TPSA) is 69.7 Å². The summed E-state index contributed by atoms with van der Waals surface area (Å²) in [6.45, 7) is 11.9. The minimum absolute atomic E-state index is 0.0243. The maximum atomic E-state index is 13.9. The van der Waals surface area contributed by atoms with Gasteiger partial charge in [-0.2, -0.15) is 13.2 Å². The molecule has 6 nitrogen and oxygen atoms in total. The summed E-state index contributed by atoms with van der Waals surface area (Å²) in [5.41, 5.74) is -1.53. The van der Waals surface area contributed by atoms with Crippen LogP contribution in [-0.2, 0) is 10.9 Å². The highest BCUT2D eigenvalue weighted by Crippen LogP contribution is 2.43. The number of alkyl carbamates (subject to hydrolysis) is 1. The Morgan fingerprint density at radius 1 is 1.09 bits per heavy atom. The number of fused-ring (bicyclic) bond motifs is 1. The second-order valence-corrected chi connectivity index (χ2v) is 9.56. The SMILES string of the molecule is CC(C)Oc1cc(C(F)(F)F)c2c(OC(C)C(C)NC(=O)OC(C)(C)C)c(Br)ccc2n1. The lowest BCUT2D eigenvalue weighted by Crippen LogP contribution is -2.44. The lowest BCUT2D eigenvalue weighted by atomic mass is 10.1. The summed E-state index contributed by atoms with van der Waals surface area (Å²) in [6, 6.07) is 3.33. The van der Waals surface area contributed by atoms with Crippen LogP contribution >= 0.6 is 15.9 Å². The molecule has 0 spiro atoms. The molecule has 0 aliphatic heterocycles. The second kappa shape index (κ2) is 9.72. The van der Waals surface area contributed by atoms with E-state index in [9.17, 15) is 18.0 Å². The van der Waals surface area contributed by atoms with E-state index in [2.05, 4.69) is 26.2 Å². The highest BCUT2D eigenvalue weighted by molar-refractivity contribution is 9.10. The fourth-order valence-corrected chi connectivity index (χ4v) is 3.21. The summed E-state index contributed by atoms with van der Waals surface area (Å²) in [6.07, 6.45) is -6.34. The third-order valence-electron chi connectivity index (χ3n) is 4.27. The zero-order valence-electron chi connectivity index (χ0n) is 19.1. The van der Waals surface area contributed by atoms with E-state index >= 15 is 0 Å². The van der Waals surface area contributed by atoms with Crippen molar-refractivity contribution in [2.24, 2.45) is 0 Å². The van der Waals surface area contributed by atoms with Gasteiger partial charge < -0.3 is 19.5 Å². The Morgan fingerprint density at radius 2 is 1.72 bits per heavy atom. The molecule has 0 fully saturated rings. The van der Waals surface area contributed by atoms with E-state index < -0.39 is 35.6 Å². The van der Waals surface area contributed by atoms with Gasteiger partial charge in [-0.3, -0.25) is 0 Å². The third kappa shape index (κ3) is 6.88. The number of amides is 1. The summed E-state index contributed by atoms with van der Waals surface area (Å²) < 4.78 is 58.7. The molecule has 1 heterocycles. The first-order chi connectivity index (χ1) is 14.6. The molecule has 0 aliphatic carbocycles. The number of benzene rings is 1. The molecule has 1 aromatic carbocycles. The van der Waals surface area contributed by atoms with Gasteiger partial charge in [-0.1, -0.05) is 0 Å². The predicted molar refractivity (Wildman–Crippen MR) is 119 cm³/mol. The average molecular weight is 521 g/mol. The largest absolute Gasteiger partial charge is 0.487 e. The molecule has 2 aromatic rings. The number of carbonyl (C=O) groups is 1. The van der Waals surface area contributed by atoms with Crippen LogP contribution in [0.1, 0.15) is 54.0 Å². The zero-order chi connectivity index (χ0) is 24.4. The van der Waals surface area contributed by atoms with Gasteiger partial charge in [-0.15, -0.1) is 0 Å². The van der Waals surface area contributed by atoms with E-state index in [0.29, 0.717) is 4.47 Å². The number of ether oxygens (including phenoxy) is 3. The number of halogens is 4. The molecule has 1 amide bonds. The van der Waals surface area contributed by atoms with E-state index in [-0.39, 0.29) is 28.6 Å². The number of alkyl halides is 3. The molecule has 0 radical (unpaired) electrons. The molecule has 0 saturated heterocycles. The van der Waals surface area contributed by atoms with Crippen molar-refractivity contribution < 1.29 is 32.2 Å². The number of hydrogen-bond acceptors (Lipinski definition) is 5. The van der Waals surface area contributed by atoms with Gasteiger partial charge in [0.05, 0.1) is 33.1 Å². The molecule has 10 heteroatoms. The van der Waals surface area contributed by atoms with Gasteiger partial charge in [0.2, 0.25) is 5.88 Å². The van der Waals surface area contributed by atoms with Crippen LogP contribution in [0.15, 0.2) is 22.7 Å². The number of rotatable bonds is 6. The lowest BCUT2D eigenvalue weighted by Gasteiger charge is -2.26. The molecule has 32 heavy (non-hydrogen) atoms. The Kier molecular flexibility index (Phi) is 7.91. The number of carbonyl (C=O) groups excluding carboxylic acids is 1. The molecule has 1 aromatic heterocycles. The van der Waals surface area contributed by atoms with Crippen molar-refractivity contribution in [3.63, 3.8) is 0 Å². The maximum absolute atomic E-state index is 13.9. The van der Waals surface area contributed by atoms with Crippen LogP contribution in [0.3, 0.4) is 0 Å².